The minimum atomic E-state index is -0.340. The van der Waals surface area contributed by atoms with Gasteiger partial charge < -0.3 is 14.2 Å². The van der Waals surface area contributed by atoms with Gasteiger partial charge in [0.2, 0.25) is 0 Å². The summed E-state index contributed by atoms with van der Waals surface area (Å²) in [6.45, 7) is 0.476. The molecule has 3 rings (SSSR count). The number of rotatable bonds is 8. The predicted molar refractivity (Wildman–Crippen MR) is 107 cm³/mol. The van der Waals surface area contributed by atoms with E-state index in [4.69, 9.17) is 14.2 Å². The maximum absolute atomic E-state index is 13.1. The number of nitrogens with zero attached hydrogens (tertiary/aromatic N) is 1. The van der Waals surface area contributed by atoms with Crippen LogP contribution in [0.1, 0.15) is 5.56 Å². The average molecular weight is 399 g/mol. The lowest BCUT2D eigenvalue weighted by Gasteiger charge is -2.14. The highest BCUT2D eigenvalue weighted by atomic mass is 32.2. The predicted octanol–water partition coefficient (Wildman–Crippen LogP) is 3.22. The van der Waals surface area contributed by atoms with Crippen LogP contribution in [0.2, 0.25) is 0 Å². The summed E-state index contributed by atoms with van der Waals surface area (Å²) < 4.78 is 15.7. The summed E-state index contributed by atoms with van der Waals surface area (Å²) in [7, 11) is 4.61. The smallest absolute Gasteiger partial charge is 0.268 e. The highest BCUT2D eigenvalue weighted by Crippen LogP contribution is 2.41. The lowest BCUT2D eigenvalue weighted by atomic mass is 10.1. The SMILES string of the molecule is COCCN1C(=O)C(Sc2ccccc2)=C(c2ccc(OC)c(OC)c2)C1=O. The normalized spacial score (nSPS) is 14.0. The van der Waals surface area contributed by atoms with E-state index in [1.165, 1.54) is 30.9 Å². The van der Waals surface area contributed by atoms with E-state index in [2.05, 4.69) is 0 Å². The van der Waals surface area contributed by atoms with Gasteiger partial charge in [-0.25, -0.2) is 0 Å². The Morgan fingerprint density at radius 1 is 0.893 bits per heavy atom. The van der Waals surface area contributed by atoms with Crippen LogP contribution in [-0.2, 0) is 14.3 Å². The number of hydrogen-bond donors (Lipinski definition) is 0. The first-order valence-corrected chi connectivity index (χ1v) is 9.47. The third-order valence-corrected chi connectivity index (χ3v) is 5.37. The first-order chi connectivity index (χ1) is 13.6. The molecule has 2 aromatic carbocycles. The second-order valence-corrected chi connectivity index (χ2v) is 7.03. The second-order valence-electron chi connectivity index (χ2n) is 5.94. The summed E-state index contributed by atoms with van der Waals surface area (Å²) in [6.07, 6.45) is 0. The molecule has 0 spiro atoms. The number of amides is 2. The Labute approximate surface area is 168 Å². The zero-order valence-corrected chi connectivity index (χ0v) is 16.7. The Morgan fingerprint density at radius 3 is 2.25 bits per heavy atom. The van der Waals surface area contributed by atoms with Crippen LogP contribution in [0.3, 0.4) is 0 Å². The molecule has 146 valence electrons. The molecule has 2 amide bonds. The molecule has 0 radical (unpaired) electrons. The molecule has 28 heavy (non-hydrogen) atoms. The van der Waals surface area contributed by atoms with Gasteiger partial charge >= 0.3 is 0 Å². The van der Waals surface area contributed by atoms with Gasteiger partial charge in [0.25, 0.3) is 11.8 Å². The third kappa shape index (κ3) is 3.90. The van der Waals surface area contributed by atoms with Crippen molar-refractivity contribution in [3.8, 4) is 11.5 Å². The zero-order valence-electron chi connectivity index (χ0n) is 15.9. The fourth-order valence-corrected chi connectivity index (χ4v) is 3.92. The van der Waals surface area contributed by atoms with Gasteiger partial charge in [-0.3, -0.25) is 14.5 Å². The van der Waals surface area contributed by atoms with E-state index < -0.39 is 0 Å². The summed E-state index contributed by atoms with van der Waals surface area (Å²) in [5.41, 5.74) is 0.963. The molecular weight excluding hydrogens is 378 g/mol. The molecule has 2 aromatic rings. The van der Waals surface area contributed by atoms with Gasteiger partial charge in [-0.05, 0) is 29.8 Å². The molecule has 0 unspecified atom stereocenters. The van der Waals surface area contributed by atoms with Crippen molar-refractivity contribution >= 4 is 29.1 Å². The molecule has 0 saturated carbocycles. The van der Waals surface area contributed by atoms with E-state index in [0.29, 0.717) is 27.5 Å². The van der Waals surface area contributed by atoms with E-state index in [-0.39, 0.29) is 25.0 Å². The Morgan fingerprint density at radius 2 is 1.61 bits per heavy atom. The number of methoxy groups -OCH3 is 3. The van der Waals surface area contributed by atoms with Gasteiger partial charge in [0, 0.05) is 12.0 Å². The Kier molecular flexibility index (Phi) is 6.38. The molecule has 0 N–H and O–H groups in total. The number of thioether (sulfide) groups is 1. The number of hydrogen-bond acceptors (Lipinski definition) is 6. The van der Waals surface area contributed by atoms with Crippen LogP contribution in [0.4, 0.5) is 0 Å². The van der Waals surface area contributed by atoms with Crippen LogP contribution in [0.5, 0.6) is 11.5 Å². The van der Waals surface area contributed by atoms with Gasteiger partial charge in [-0.15, -0.1) is 0 Å². The van der Waals surface area contributed by atoms with Crippen LogP contribution in [0.15, 0.2) is 58.3 Å². The molecule has 6 nitrogen and oxygen atoms in total. The molecule has 0 aromatic heterocycles. The molecule has 1 heterocycles. The number of imide groups is 1. The van der Waals surface area contributed by atoms with Crippen molar-refractivity contribution in [2.24, 2.45) is 0 Å². The average Bonchev–Trinajstić information content (AvgIpc) is 2.96. The van der Waals surface area contributed by atoms with Gasteiger partial charge in [-0.1, -0.05) is 36.0 Å². The summed E-state index contributed by atoms with van der Waals surface area (Å²) in [5.74, 6) is 0.387. The molecule has 1 aliphatic rings. The van der Waals surface area contributed by atoms with Crippen molar-refractivity contribution in [3.05, 3.63) is 59.0 Å². The third-order valence-electron chi connectivity index (χ3n) is 4.28. The monoisotopic (exact) mass is 399 g/mol. The van der Waals surface area contributed by atoms with Crippen LogP contribution in [0.25, 0.3) is 5.57 Å². The fraction of sp³-hybridized carbons (Fsp3) is 0.238. The van der Waals surface area contributed by atoms with E-state index in [1.807, 2.05) is 30.3 Å². The van der Waals surface area contributed by atoms with Crippen LogP contribution in [-0.4, -0.2) is 51.2 Å². The molecule has 1 aliphatic heterocycles. The summed E-state index contributed by atoms with van der Waals surface area (Å²) in [6, 6.07) is 14.7. The minimum Gasteiger partial charge on any atom is -0.493 e. The minimum absolute atomic E-state index is 0.198. The topological polar surface area (TPSA) is 65.1 Å². The van der Waals surface area contributed by atoms with Gasteiger partial charge in [0.05, 0.1) is 37.8 Å². The van der Waals surface area contributed by atoms with Crippen molar-refractivity contribution < 1.29 is 23.8 Å². The number of benzene rings is 2. The second kappa shape index (κ2) is 8.95. The lowest BCUT2D eigenvalue weighted by molar-refractivity contribution is -0.137. The van der Waals surface area contributed by atoms with Crippen molar-refractivity contribution in [1.82, 2.24) is 4.90 Å². The zero-order chi connectivity index (χ0) is 20.1. The number of ether oxygens (including phenoxy) is 3. The largest absolute Gasteiger partial charge is 0.493 e. The number of carbonyl (C=O) groups is 2. The Hall–Kier alpha value is -2.77. The lowest BCUT2D eigenvalue weighted by Crippen LogP contribution is -2.34. The van der Waals surface area contributed by atoms with E-state index >= 15 is 0 Å². The number of carbonyl (C=O) groups excluding carboxylic acids is 2. The molecule has 0 saturated heterocycles. The van der Waals surface area contributed by atoms with Crippen molar-refractivity contribution in [3.63, 3.8) is 0 Å². The fourth-order valence-electron chi connectivity index (χ4n) is 2.89. The first kappa shape index (κ1) is 20.0. The van der Waals surface area contributed by atoms with Crippen molar-refractivity contribution in [2.75, 3.05) is 34.5 Å². The molecule has 0 aliphatic carbocycles. The van der Waals surface area contributed by atoms with Gasteiger partial charge in [0.15, 0.2) is 11.5 Å². The highest BCUT2D eigenvalue weighted by molar-refractivity contribution is 8.04. The van der Waals surface area contributed by atoms with Crippen molar-refractivity contribution in [1.29, 1.82) is 0 Å². The van der Waals surface area contributed by atoms with Crippen LogP contribution < -0.4 is 9.47 Å². The Balaban J connectivity index is 2.07. The maximum Gasteiger partial charge on any atom is 0.268 e. The standard InChI is InChI=1S/C21H21NO5S/c1-25-12-11-22-20(23)18(14-9-10-16(26-2)17(13-14)27-3)19(21(22)24)28-15-7-5-4-6-8-15/h4-10,13H,11-12H2,1-3H3. The maximum atomic E-state index is 13.1. The molecule has 7 heteroatoms. The molecule has 0 bridgehead atoms. The molecular formula is C21H21NO5S. The van der Waals surface area contributed by atoms with E-state index in [0.717, 1.165) is 4.90 Å². The van der Waals surface area contributed by atoms with Crippen LogP contribution in [0, 0.1) is 0 Å². The summed E-state index contributed by atoms with van der Waals surface area (Å²) >= 11 is 1.28. The summed E-state index contributed by atoms with van der Waals surface area (Å²) in [4.78, 5) is 28.6. The molecule has 0 atom stereocenters. The van der Waals surface area contributed by atoms with Gasteiger partial charge in [0.1, 0.15) is 0 Å². The van der Waals surface area contributed by atoms with E-state index in [9.17, 15) is 9.59 Å². The summed E-state index contributed by atoms with van der Waals surface area (Å²) in [5, 5.41) is 0. The van der Waals surface area contributed by atoms with Crippen LogP contribution >= 0.6 is 11.8 Å². The highest BCUT2D eigenvalue weighted by Gasteiger charge is 2.39. The quantitative estimate of drug-likeness (QED) is 0.635. The Bertz CT molecular complexity index is 910. The van der Waals surface area contributed by atoms with Gasteiger partial charge in [-0.2, -0.15) is 0 Å². The molecule has 0 fully saturated rings. The van der Waals surface area contributed by atoms with E-state index in [1.54, 1.807) is 25.3 Å². The first-order valence-electron chi connectivity index (χ1n) is 8.65. The van der Waals surface area contributed by atoms with Crippen molar-refractivity contribution in [2.45, 2.75) is 4.90 Å².